The second-order valence-electron chi connectivity index (χ2n) is 7.96. The highest BCUT2D eigenvalue weighted by Gasteiger charge is 2.45. The van der Waals surface area contributed by atoms with Crippen molar-refractivity contribution in [3.05, 3.63) is 68.3 Å². The maximum atomic E-state index is 13.1. The van der Waals surface area contributed by atoms with Crippen LogP contribution in [0.15, 0.2) is 48.0 Å². The topological polar surface area (TPSA) is 65.8 Å². The summed E-state index contributed by atoms with van der Waals surface area (Å²) >= 11 is 3.60. The molecule has 1 N–H and O–H groups in total. The van der Waals surface area contributed by atoms with E-state index in [2.05, 4.69) is 57.1 Å². The van der Waals surface area contributed by atoms with Gasteiger partial charge in [-0.05, 0) is 42.6 Å². The van der Waals surface area contributed by atoms with E-state index in [-0.39, 0.29) is 11.9 Å². The summed E-state index contributed by atoms with van der Waals surface area (Å²) in [5.74, 6) is -2.59. The quantitative estimate of drug-likeness (QED) is 0.571. The van der Waals surface area contributed by atoms with Crippen molar-refractivity contribution in [2.45, 2.75) is 38.3 Å². The Kier molecular flexibility index (Phi) is 6.64. The smallest absolute Gasteiger partial charge is 0.475 e. The Balaban J connectivity index is 0.000000325. The van der Waals surface area contributed by atoms with Crippen molar-refractivity contribution in [1.29, 1.82) is 0 Å². The van der Waals surface area contributed by atoms with Crippen molar-refractivity contribution < 1.29 is 27.9 Å². The number of fused-ring (bicyclic) bond motifs is 3. The molecular weight excluding hydrogens is 475 g/mol. The van der Waals surface area contributed by atoms with Crippen LogP contribution in [0.3, 0.4) is 0 Å². The predicted octanol–water partition coefficient (Wildman–Crippen LogP) is 4.63. The average molecular weight is 498 g/mol. The van der Waals surface area contributed by atoms with E-state index in [4.69, 9.17) is 9.90 Å². The zero-order chi connectivity index (χ0) is 23.8. The van der Waals surface area contributed by atoms with Crippen molar-refractivity contribution in [2.75, 3.05) is 13.1 Å². The second-order valence-corrected chi connectivity index (χ2v) is 10.4. The third-order valence-corrected chi connectivity index (χ3v) is 7.52. The van der Waals surface area contributed by atoms with Gasteiger partial charge in [-0.1, -0.05) is 6.07 Å². The highest BCUT2D eigenvalue weighted by Crippen LogP contribution is 2.36. The minimum absolute atomic E-state index is 0.165. The van der Waals surface area contributed by atoms with Gasteiger partial charge in [-0.2, -0.15) is 13.2 Å². The molecule has 2 atom stereocenters. The zero-order valence-corrected chi connectivity index (χ0v) is 19.3. The maximum absolute atomic E-state index is 13.1. The Hall–Kier alpha value is -2.63. The lowest BCUT2D eigenvalue weighted by molar-refractivity contribution is -0.192. The van der Waals surface area contributed by atoms with Gasteiger partial charge in [-0.25, -0.2) is 4.79 Å². The predicted molar refractivity (Wildman–Crippen MR) is 119 cm³/mol. The first-order valence-corrected chi connectivity index (χ1v) is 11.9. The Labute approximate surface area is 196 Å². The summed E-state index contributed by atoms with van der Waals surface area (Å²) in [6.07, 6.45) is -3.01. The molecule has 1 saturated heterocycles. The third-order valence-electron chi connectivity index (χ3n) is 5.68. The number of amides is 1. The van der Waals surface area contributed by atoms with Crippen molar-refractivity contribution in [2.24, 2.45) is 0 Å². The lowest BCUT2D eigenvalue weighted by atomic mass is 10.1. The molecule has 3 aromatic rings. The Morgan fingerprint density at radius 1 is 1.09 bits per heavy atom. The van der Waals surface area contributed by atoms with Crippen molar-refractivity contribution in [1.82, 2.24) is 14.4 Å². The fourth-order valence-corrected chi connectivity index (χ4v) is 5.90. The third kappa shape index (κ3) is 5.15. The lowest BCUT2D eigenvalue weighted by Gasteiger charge is -2.38. The molecule has 33 heavy (non-hydrogen) atoms. The number of aromatic nitrogens is 1. The van der Waals surface area contributed by atoms with Crippen LogP contribution in [0.1, 0.15) is 31.2 Å². The van der Waals surface area contributed by atoms with Crippen LogP contribution in [0.5, 0.6) is 0 Å². The molecule has 0 bridgehead atoms. The van der Waals surface area contributed by atoms with E-state index in [1.165, 1.54) is 14.6 Å². The monoisotopic (exact) mass is 497 g/mol. The van der Waals surface area contributed by atoms with Crippen LogP contribution in [-0.2, 0) is 17.9 Å². The van der Waals surface area contributed by atoms with Gasteiger partial charge >= 0.3 is 12.1 Å². The van der Waals surface area contributed by atoms with Gasteiger partial charge in [0.25, 0.3) is 5.91 Å². The van der Waals surface area contributed by atoms with Crippen molar-refractivity contribution >= 4 is 34.6 Å². The number of carboxylic acids is 1. The lowest BCUT2D eigenvalue weighted by Crippen LogP contribution is -2.49. The molecule has 0 saturated carbocycles. The zero-order valence-electron chi connectivity index (χ0n) is 17.7. The molecule has 0 aliphatic carbocycles. The van der Waals surface area contributed by atoms with Gasteiger partial charge in [-0.3, -0.25) is 9.69 Å². The summed E-state index contributed by atoms with van der Waals surface area (Å²) in [7, 11) is 0. The van der Waals surface area contributed by atoms with Crippen LogP contribution >= 0.6 is 22.7 Å². The van der Waals surface area contributed by atoms with Crippen LogP contribution in [0.25, 0.3) is 0 Å². The number of carbonyl (C=O) groups is 2. The summed E-state index contributed by atoms with van der Waals surface area (Å²) in [6.45, 7) is 5.79. The molecule has 0 radical (unpaired) electrons. The highest BCUT2D eigenvalue weighted by atomic mass is 32.1. The average Bonchev–Trinajstić information content (AvgIpc) is 3.52. The number of aryl methyl sites for hydroxylation is 1. The van der Waals surface area contributed by atoms with Crippen molar-refractivity contribution in [3.63, 3.8) is 0 Å². The largest absolute Gasteiger partial charge is 0.490 e. The maximum Gasteiger partial charge on any atom is 0.490 e. The number of aliphatic carboxylic acids is 1. The van der Waals surface area contributed by atoms with Gasteiger partial charge in [0.1, 0.15) is 5.69 Å². The fraction of sp³-hybridized carbons (Fsp3) is 0.364. The number of alkyl halides is 3. The summed E-state index contributed by atoms with van der Waals surface area (Å²) in [4.78, 5) is 30.6. The number of likely N-dealkylation sites (tertiary alicyclic amines) is 1. The SMILES string of the molecule is Cc1ccc(CN2CC3C(C2)n2cccc2C(=O)N3Cc2cccs2)s1.O=C(O)C(F)(F)F. The number of hydrogen-bond acceptors (Lipinski definition) is 5. The van der Waals surface area contributed by atoms with E-state index in [0.717, 1.165) is 31.9 Å². The Bertz CT molecular complexity index is 1120. The summed E-state index contributed by atoms with van der Waals surface area (Å²) in [6, 6.07) is 13.2. The van der Waals surface area contributed by atoms with E-state index >= 15 is 0 Å². The molecule has 0 aromatic carbocycles. The van der Waals surface area contributed by atoms with E-state index in [1.807, 2.05) is 23.5 Å². The van der Waals surface area contributed by atoms with Crippen LogP contribution < -0.4 is 0 Å². The molecule has 6 nitrogen and oxygen atoms in total. The van der Waals surface area contributed by atoms with E-state index in [9.17, 15) is 18.0 Å². The van der Waals surface area contributed by atoms with Crippen LogP contribution in [0, 0.1) is 6.92 Å². The van der Waals surface area contributed by atoms with Gasteiger partial charge < -0.3 is 14.6 Å². The van der Waals surface area contributed by atoms with E-state index < -0.39 is 12.1 Å². The molecule has 3 aromatic heterocycles. The van der Waals surface area contributed by atoms with Gasteiger partial charge in [0, 0.05) is 40.5 Å². The van der Waals surface area contributed by atoms with Gasteiger partial charge in [0.2, 0.25) is 0 Å². The van der Waals surface area contributed by atoms with Crippen molar-refractivity contribution in [3.8, 4) is 0 Å². The number of carbonyl (C=O) groups excluding carboxylic acids is 1. The molecule has 5 rings (SSSR count). The number of halogens is 3. The minimum atomic E-state index is -5.08. The van der Waals surface area contributed by atoms with Gasteiger partial charge in [0.15, 0.2) is 0 Å². The molecular formula is C22H22F3N3O3S2. The van der Waals surface area contributed by atoms with Gasteiger partial charge in [-0.15, -0.1) is 22.7 Å². The summed E-state index contributed by atoms with van der Waals surface area (Å²) in [5.41, 5.74) is 0.830. The number of thiophene rings is 2. The first kappa shape index (κ1) is 23.5. The molecule has 1 amide bonds. The highest BCUT2D eigenvalue weighted by molar-refractivity contribution is 7.11. The molecule has 5 heterocycles. The molecule has 1 fully saturated rings. The number of rotatable bonds is 4. The Morgan fingerprint density at radius 2 is 1.82 bits per heavy atom. The summed E-state index contributed by atoms with van der Waals surface area (Å²) < 4.78 is 33.9. The molecule has 11 heteroatoms. The molecule has 2 aliphatic heterocycles. The molecule has 2 unspecified atom stereocenters. The second kappa shape index (κ2) is 9.32. The van der Waals surface area contributed by atoms with Crippen LogP contribution in [0.4, 0.5) is 13.2 Å². The fourth-order valence-electron chi connectivity index (χ4n) is 4.27. The van der Waals surface area contributed by atoms with Gasteiger partial charge in [0.05, 0.1) is 18.6 Å². The number of hydrogen-bond donors (Lipinski definition) is 1. The molecule has 0 spiro atoms. The Morgan fingerprint density at radius 3 is 2.42 bits per heavy atom. The number of nitrogens with zero attached hydrogens (tertiary/aromatic N) is 3. The standard InChI is InChI=1S/C20H21N3OS2.C2HF3O2/c1-14-6-7-16(26-14)10-21-12-18-19(13-21)23(11-15-4-3-9-25-15)20(24)17-5-2-8-22(17)18;3-2(4,5)1(6)7/h2-9,18-19H,10-13H2,1H3;(H,6,7). The number of carboxylic acid groups (broad SMARTS) is 1. The first-order chi connectivity index (χ1) is 15.6. The van der Waals surface area contributed by atoms with Crippen LogP contribution in [-0.4, -0.2) is 56.7 Å². The molecule has 2 aliphatic rings. The van der Waals surface area contributed by atoms with E-state index in [1.54, 1.807) is 11.3 Å². The van der Waals surface area contributed by atoms with Crippen LogP contribution in [0.2, 0.25) is 0 Å². The van der Waals surface area contributed by atoms with E-state index in [0.29, 0.717) is 6.04 Å². The normalized spacial score (nSPS) is 20.2. The minimum Gasteiger partial charge on any atom is -0.475 e. The molecule has 176 valence electrons. The first-order valence-electron chi connectivity index (χ1n) is 10.2. The summed E-state index contributed by atoms with van der Waals surface area (Å²) in [5, 5.41) is 9.21.